The van der Waals surface area contributed by atoms with E-state index in [2.05, 4.69) is 5.32 Å². The highest BCUT2D eigenvalue weighted by Crippen LogP contribution is 2.17. The molecule has 0 aliphatic rings. The van der Waals surface area contributed by atoms with Crippen molar-refractivity contribution in [2.75, 3.05) is 5.32 Å². The lowest BCUT2D eigenvalue weighted by atomic mass is 10.1. The summed E-state index contributed by atoms with van der Waals surface area (Å²) in [4.78, 5) is 11.9. The predicted molar refractivity (Wildman–Crippen MR) is 75.9 cm³/mol. The molecule has 2 rings (SSSR count). The predicted octanol–water partition coefficient (Wildman–Crippen LogP) is 2.92. The number of aliphatic hydroxyl groups excluding tert-OH is 1. The van der Waals surface area contributed by atoms with Gasteiger partial charge in [0.15, 0.2) is 0 Å². The van der Waals surface area contributed by atoms with Crippen LogP contribution in [0.1, 0.15) is 24.2 Å². The molecule has 0 aliphatic heterocycles. The summed E-state index contributed by atoms with van der Waals surface area (Å²) in [5.41, 5.74) is 2.48. The summed E-state index contributed by atoms with van der Waals surface area (Å²) in [6.45, 7) is 1.70. The van der Waals surface area contributed by atoms with Crippen LogP contribution in [-0.4, -0.2) is 11.0 Å². The number of hydrogen-bond acceptors (Lipinski definition) is 2. The topological polar surface area (TPSA) is 49.3 Å². The van der Waals surface area contributed by atoms with Gasteiger partial charge in [0.1, 0.15) is 0 Å². The third kappa shape index (κ3) is 3.93. The molecular weight excluding hydrogens is 238 g/mol. The van der Waals surface area contributed by atoms with Crippen molar-refractivity contribution in [3.63, 3.8) is 0 Å². The lowest BCUT2D eigenvalue weighted by Crippen LogP contribution is -2.14. The van der Waals surface area contributed by atoms with Gasteiger partial charge in [-0.3, -0.25) is 4.79 Å². The molecule has 0 heterocycles. The highest BCUT2D eigenvalue weighted by atomic mass is 16.3. The van der Waals surface area contributed by atoms with Gasteiger partial charge in [0.25, 0.3) is 0 Å². The second-order valence-electron chi connectivity index (χ2n) is 4.51. The smallest absolute Gasteiger partial charge is 0.228 e. The molecule has 2 aromatic rings. The number of carbonyl (C=O) groups is 1. The minimum Gasteiger partial charge on any atom is -0.389 e. The van der Waals surface area contributed by atoms with E-state index in [1.165, 1.54) is 0 Å². The third-order valence-electron chi connectivity index (χ3n) is 2.86. The summed E-state index contributed by atoms with van der Waals surface area (Å²) in [5, 5.41) is 12.3. The van der Waals surface area contributed by atoms with Crippen LogP contribution >= 0.6 is 0 Å². The SMILES string of the molecule is C[C@@H](O)c1cccc(NC(=O)Cc2ccccc2)c1. The van der Waals surface area contributed by atoms with Gasteiger partial charge in [0, 0.05) is 5.69 Å². The molecule has 0 unspecified atom stereocenters. The van der Waals surface area contributed by atoms with Gasteiger partial charge in [-0.2, -0.15) is 0 Å². The first-order chi connectivity index (χ1) is 9.15. The molecule has 0 saturated carbocycles. The van der Waals surface area contributed by atoms with Gasteiger partial charge in [0.05, 0.1) is 12.5 Å². The van der Waals surface area contributed by atoms with Gasteiger partial charge >= 0.3 is 0 Å². The fraction of sp³-hybridized carbons (Fsp3) is 0.188. The van der Waals surface area contributed by atoms with Crippen LogP contribution in [0.2, 0.25) is 0 Å². The van der Waals surface area contributed by atoms with Crippen molar-refractivity contribution in [1.82, 2.24) is 0 Å². The average molecular weight is 255 g/mol. The van der Waals surface area contributed by atoms with Crippen LogP contribution in [0, 0.1) is 0 Å². The largest absolute Gasteiger partial charge is 0.389 e. The third-order valence-corrected chi connectivity index (χ3v) is 2.86. The van der Waals surface area contributed by atoms with E-state index >= 15 is 0 Å². The van der Waals surface area contributed by atoms with Crippen LogP contribution in [0.15, 0.2) is 54.6 Å². The molecule has 0 spiro atoms. The van der Waals surface area contributed by atoms with Gasteiger partial charge in [-0.05, 0) is 30.2 Å². The van der Waals surface area contributed by atoms with Crippen molar-refractivity contribution in [3.8, 4) is 0 Å². The molecule has 3 heteroatoms. The summed E-state index contributed by atoms with van der Waals surface area (Å²) < 4.78 is 0. The van der Waals surface area contributed by atoms with Gasteiger partial charge < -0.3 is 10.4 Å². The summed E-state index contributed by atoms with van der Waals surface area (Å²) in [6, 6.07) is 16.8. The standard InChI is InChI=1S/C16H17NO2/c1-12(18)14-8-5-9-15(11-14)17-16(19)10-13-6-3-2-4-7-13/h2-9,11-12,18H,10H2,1H3,(H,17,19)/t12-/m1/s1. The molecule has 0 aliphatic carbocycles. The normalized spacial score (nSPS) is 11.9. The van der Waals surface area contributed by atoms with Crippen LogP contribution in [0.5, 0.6) is 0 Å². The monoisotopic (exact) mass is 255 g/mol. The van der Waals surface area contributed by atoms with Crippen molar-refractivity contribution >= 4 is 11.6 Å². The molecule has 0 saturated heterocycles. The molecule has 1 amide bonds. The Morgan fingerprint density at radius 1 is 1.16 bits per heavy atom. The fourth-order valence-corrected chi connectivity index (χ4v) is 1.86. The minimum atomic E-state index is -0.536. The molecule has 19 heavy (non-hydrogen) atoms. The second kappa shape index (κ2) is 6.16. The van der Waals surface area contributed by atoms with Crippen molar-refractivity contribution < 1.29 is 9.90 Å². The highest BCUT2D eigenvalue weighted by Gasteiger charge is 2.06. The Morgan fingerprint density at radius 2 is 1.89 bits per heavy atom. The van der Waals surface area contributed by atoms with Crippen molar-refractivity contribution in [2.45, 2.75) is 19.4 Å². The number of hydrogen-bond donors (Lipinski definition) is 2. The Morgan fingerprint density at radius 3 is 2.58 bits per heavy atom. The summed E-state index contributed by atoms with van der Waals surface area (Å²) >= 11 is 0. The van der Waals surface area contributed by atoms with E-state index in [0.29, 0.717) is 12.1 Å². The Bertz CT molecular complexity index is 550. The first-order valence-electron chi connectivity index (χ1n) is 6.27. The first kappa shape index (κ1) is 13.3. The number of benzene rings is 2. The molecule has 98 valence electrons. The maximum absolute atomic E-state index is 11.9. The number of amides is 1. The Hall–Kier alpha value is -2.13. The molecule has 2 N–H and O–H groups in total. The van der Waals surface area contributed by atoms with E-state index in [9.17, 15) is 9.90 Å². The fourth-order valence-electron chi connectivity index (χ4n) is 1.86. The zero-order valence-corrected chi connectivity index (χ0v) is 10.8. The van der Waals surface area contributed by atoms with E-state index in [-0.39, 0.29) is 5.91 Å². The molecule has 1 atom stereocenters. The zero-order valence-electron chi connectivity index (χ0n) is 10.8. The molecular formula is C16H17NO2. The van der Waals surface area contributed by atoms with Crippen molar-refractivity contribution in [2.24, 2.45) is 0 Å². The van der Waals surface area contributed by atoms with Gasteiger partial charge in [0.2, 0.25) is 5.91 Å². The van der Waals surface area contributed by atoms with E-state index in [4.69, 9.17) is 0 Å². The van der Waals surface area contributed by atoms with Crippen LogP contribution in [0.4, 0.5) is 5.69 Å². The first-order valence-corrected chi connectivity index (χ1v) is 6.27. The summed E-state index contributed by atoms with van der Waals surface area (Å²) in [5.74, 6) is -0.0612. The maximum atomic E-state index is 11.9. The number of anilines is 1. The van der Waals surface area contributed by atoms with Crippen LogP contribution in [0.3, 0.4) is 0 Å². The molecule has 0 bridgehead atoms. The van der Waals surface area contributed by atoms with E-state index in [1.54, 1.807) is 13.0 Å². The molecule has 2 aromatic carbocycles. The van der Waals surface area contributed by atoms with Crippen LogP contribution in [-0.2, 0) is 11.2 Å². The molecule has 0 radical (unpaired) electrons. The van der Waals surface area contributed by atoms with Crippen molar-refractivity contribution in [3.05, 3.63) is 65.7 Å². The number of carbonyl (C=O) groups excluding carboxylic acids is 1. The molecule has 3 nitrogen and oxygen atoms in total. The van der Waals surface area contributed by atoms with Gasteiger partial charge in [-0.15, -0.1) is 0 Å². The highest BCUT2D eigenvalue weighted by molar-refractivity contribution is 5.92. The van der Waals surface area contributed by atoms with Gasteiger partial charge in [-0.1, -0.05) is 42.5 Å². The van der Waals surface area contributed by atoms with Crippen LogP contribution < -0.4 is 5.32 Å². The Kier molecular flexibility index (Phi) is 4.31. The summed E-state index contributed by atoms with van der Waals surface area (Å²) in [7, 11) is 0. The van der Waals surface area contributed by atoms with E-state index in [1.807, 2.05) is 48.5 Å². The zero-order chi connectivity index (χ0) is 13.7. The second-order valence-corrected chi connectivity index (χ2v) is 4.51. The van der Waals surface area contributed by atoms with Gasteiger partial charge in [-0.25, -0.2) is 0 Å². The minimum absolute atomic E-state index is 0.0612. The summed E-state index contributed by atoms with van der Waals surface area (Å²) in [6.07, 6.45) is -0.189. The van der Waals surface area contributed by atoms with E-state index in [0.717, 1.165) is 11.1 Å². The lowest BCUT2D eigenvalue weighted by Gasteiger charge is -2.09. The number of nitrogens with one attached hydrogen (secondary N) is 1. The van der Waals surface area contributed by atoms with Crippen molar-refractivity contribution in [1.29, 1.82) is 0 Å². The Balaban J connectivity index is 2.01. The quantitative estimate of drug-likeness (QED) is 0.882. The number of aliphatic hydroxyl groups is 1. The van der Waals surface area contributed by atoms with Crippen LogP contribution in [0.25, 0.3) is 0 Å². The average Bonchev–Trinajstić information content (AvgIpc) is 2.40. The number of rotatable bonds is 4. The Labute approximate surface area is 112 Å². The lowest BCUT2D eigenvalue weighted by molar-refractivity contribution is -0.115. The maximum Gasteiger partial charge on any atom is 0.228 e. The van der Waals surface area contributed by atoms with E-state index < -0.39 is 6.10 Å². The molecule has 0 aromatic heterocycles. The molecule has 0 fully saturated rings.